The molecule has 2 fully saturated rings. The van der Waals surface area contributed by atoms with Crippen molar-refractivity contribution in [1.29, 1.82) is 0 Å². The quantitative estimate of drug-likeness (QED) is 0.285. The number of nitrogens with one attached hydrogen (secondary N) is 3. The van der Waals surface area contributed by atoms with E-state index < -0.39 is 54.3 Å². The number of hydrogen-bond acceptors (Lipinski definition) is 8. The van der Waals surface area contributed by atoms with Crippen LogP contribution in [0.5, 0.6) is 5.75 Å². The first kappa shape index (κ1) is 30.4. The second-order valence-electron chi connectivity index (χ2n) is 11.0. The van der Waals surface area contributed by atoms with Gasteiger partial charge >= 0.3 is 12.1 Å². The average Bonchev–Trinajstić information content (AvgIpc) is 3.47. The Bertz CT molecular complexity index is 1520. The smallest absolute Gasteiger partial charge is 0.415 e. The van der Waals surface area contributed by atoms with E-state index in [1.165, 1.54) is 23.5 Å². The lowest BCUT2D eigenvalue weighted by Crippen LogP contribution is -2.54. The second-order valence-corrected chi connectivity index (χ2v) is 11.0. The summed E-state index contributed by atoms with van der Waals surface area (Å²) < 4.78 is 5.60. The molecule has 13 heteroatoms. The summed E-state index contributed by atoms with van der Waals surface area (Å²) in [4.78, 5) is 73.0. The molecule has 1 saturated heterocycles. The molecule has 5 rings (SSSR count). The van der Waals surface area contributed by atoms with Gasteiger partial charge in [0.05, 0.1) is 24.7 Å². The van der Waals surface area contributed by atoms with Gasteiger partial charge in [0.15, 0.2) is 0 Å². The van der Waals surface area contributed by atoms with Gasteiger partial charge in [0.2, 0.25) is 11.8 Å². The van der Waals surface area contributed by atoms with Crippen molar-refractivity contribution in [2.45, 2.75) is 44.2 Å². The summed E-state index contributed by atoms with van der Waals surface area (Å²) in [6, 6.07) is 10.9. The molecular weight excluding hydrogens is 568 g/mol. The Kier molecular flexibility index (Phi) is 9.62. The summed E-state index contributed by atoms with van der Waals surface area (Å²) in [5.41, 5.74) is 0.0725. The van der Waals surface area contributed by atoms with Gasteiger partial charge < -0.3 is 30.7 Å². The van der Waals surface area contributed by atoms with E-state index in [2.05, 4.69) is 25.9 Å². The molecule has 3 unspecified atom stereocenters. The average molecular weight is 603 g/mol. The lowest BCUT2D eigenvalue weighted by atomic mass is 9.83. The molecule has 4 amide bonds. The minimum atomic E-state index is -1.18. The summed E-state index contributed by atoms with van der Waals surface area (Å²) in [5.74, 6) is -3.71. The number of hydrogen-bond donors (Lipinski definition) is 4. The molecule has 1 aromatic heterocycles. The fourth-order valence-electron chi connectivity index (χ4n) is 5.82. The highest BCUT2D eigenvalue weighted by Gasteiger charge is 2.41. The van der Waals surface area contributed by atoms with Crippen LogP contribution in [0.2, 0.25) is 0 Å². The van der Waals surface area contributed by atoms with Gasteiger partial charge in [-0.05, 0) is 30.2 Å². The normalized spacial score (nSPS) is 19.1. The highest BCUT2D eigenvalue weighted by atomic mass is 16.6. The molecular formula is C31H34N6O7. The second kappa shape index (κ2) is 13.9. The van der Waals surface area contributed by atoms with E-state index in [0.717, 1.165) is 42.9 Å². The minimum absolute atomic E-state index is 0.0725. The molecule has 3 atom stereocenters. The van der Waals surface area contributed by atoms with Crippen molar-refractivity contribution < 1.29 is 33.8 Å². The molecule has 2 aromatic carbocycles. The predicted octanol–water partition coefficient (Wildman–Crippen LogP) is 2.12. The van der Waals surface area contributed by atoms with E-state index in [1.807, 2.05) is 30.3 Å². The Balaban J connectivity index is 1.18. The number of carbonyl (C=O) groups excluding carboxylic acids is 4. The van der Waals surface area contributed by atoms with E-state index in [9.17, 15) is 29.1 Å². The zero-order valence-corrected chi connectivity index (χ0v) is 24.0. The van der Waals surface area contributed by atoms with E-state index >= 15 is 0 Å². The van der Waals surface area contributed by atoms with Gasteiger partial charge in [0.25, 0.3) is 5.91 Å². The number of benzene rings is 2. The van der Waals surface area contributed by atoms with Gasteiger partial charge in [0.1, 0.15) is 17.5 Å². The molecule has 2 heterocycles. The number of likely N-dealkylation sites (tertiary alicyclic amines) is 1. The maximum absolute atomic E-state index is 13.2. The largest absolute Gasteiger partial charge is 0.481 e. The van der Waals surface area contributed by atoms with E-state index in [4.69, 9.17) is 4.74 Å². The summed E-state index contributed by atoms with van der Waals surface area (Å²) in [5, 5.41) is 19.4. The molecule has 4 N–H and O–H groups in total. The molecule has 0 radical (unpaired) electrons. The number of aliphatic carboxylic acids is 1. The standard InChI is InChI=1S/C31H34N6O7/c38-26(16-34-29(40)27(20-8-2-1-3-9-20)36-28(39)23-15-32-13-14-33-23)35-24-18-37(17-22(24)30(41)42)31(43)44-25-12-6-10-19-7-4-5-11-21(19)25/h4-7,10-15,20,22,24,27H,1-3,8-9,16-18H2,(H,34,40)(H,35,38)(H,36,39)(H,41,42). The molecule has 13 nitrogen and oxygen atoms in total. The van der Waals surface area contributed by atoms with Gasteiger partial charge in [-0.15, -0.1) is 0 Å². The highest BCUT2D eigenvalue weighted by molar-refractivity contribution is 5.97. The number of ether oxygens (including phenoxy) is 1. The Labute approximate surface area is 253 Å². The SMILES string of the molecule is O=C(CNC(=O)C(NC(=O)c1cnccn1)C1CCCCC1)NC1CN(C(=O)Oc2cccc3ccccc23)CC1C(=O)O. The van der Waals surface area contributed by atoms with Crippen LogP contribution in [0.4, 0.5) is 4.79 Å². The maximum Gasteiger partial charge on any atom is 0.415 e. The van der Waals surface area contributed by atoms with Gasteiger partial charge in [0, 0.05) is 30.9 Å². The Hall–Kier alpha value is -5.07. The topological polar surface area (TPSA) is 180 Å². The molecule has 1 saturated carbocycles. The number of carbonyl (C=O) groups is 5. The third-order valence-corrected chi connectivity index (χ3v) is 8.10. The highest BCUT2D eigenvalue weighted by Crippen LogP contribution is 2.28. The van der Waals surface area contributed by atoms with Crippen LogP contribution in [-0.2, 0) is 14.4 Å². The first-order valence-corrected chi connectivity index (χ1v) is 14.6. The predicted molar refractivity (Wildman–Crippen MR) is 157 cm³/mol. The Morgan fingerprint density at radius 1 is 0.977 bits per heavy atom. The van der Waals surface area contributed by atoms with Crippen molar-refractivity contribution in [3.05, 3.63) is 66.7 Å². The first-order chi connectivity index (χ1) is 21.3. The number of rotatable bonds is 9. The van der Waals surface area contributed by atoms with Crippen LogP contribution in [0, 0.1) is 11.8 Å². The molecule has 0 bridgehead atoms. The monoisotopic (exact) mass is 602 g/mol. The molecule has 0 spiro atoms. The number of nitrogens with zero attached hydrogens (tertiary/aromatic N) is 3. The van der Waals surface area contributed by atoms with E-state index in [-0.39, 0.29) is 24.7 Å². The summed E-state index contributed by atoms with van der Waals surface area (Å²) in [6.45, 7) is -0.681. The van der Waals surface area contributed by atoms with Crippen LogP contribution in [0.25, 0.3) is 10.8 Å². The van der Waals surface area contributed by atoms with Gasteiger partial charge in [-0.25, -0.2) is 9.78 Å². The molecule has 44 heavy (non-hydrogen) atoms. The van der Waals surface area contributed by atoms with Crippen LogP contribution < -0.4 is 20.7 Å². The fraction of sp³-hybridized carbons (Fsp3) is 0.387. The summed E-state index contributed by atoms with van der Waals surface area (Å²) >= 11 is 0. The van der Waals surface area contributed by atoms with E-state index in [0.29, 0.717) is 5.75 Å². The molecule has 2 aliphatic rings. The fourth-order valence-corrected chi connectivity index (χ4v) is 5.82. The Morgan fingerprint density at radius 2 is 1.75 bits per heavy atom. The molecule has 3 aromatic rings. The third-order valence-electron chi connectivity index (χ3n) is 8.10. The van der Waals surface area contributed by atoms with Crippen molar-refractivity contribution in [1.82, 2.24) is 30.8 Å². The first-order valence-electron chi connectivity index (χ1n) is 14.6. The van der Waals surface area contributed by atoms with Crippen molar-refractivity contribution in [3.63, 3.8) is 0 Å². The number of carboxylic acid groups (broad SMARTS) is 1. The number of carboxylic acids is 1. The summed E-state index contributed by atoms with van der Waals surface area (Å²) in [7, 11) is 0. The zero-order chi connectivity index (χ0) is 31.1. The Morgan fingerprint density at radius 3 is 2.50 bits per heavy atom. The molecule has 1 aliphatic heterocycles. The van der Waals surface area contributed by atoms with Gasteiger partial charge in [-0.1, -0.05) is 55.7 Å². The van der Waals surface area contributed by atoms with Crippen LogP contribution in [-0.4, -0.2) is 81.5 Å². The number of amides is 4. The van der Waals surface area contributed by atoms with Crippen LogP contribution >= 0.6 is 0 Å². The van der Waals surface area contributed by atoms with Crippen LogP contribution in [0.15, 0.2) is 61.1 Å². The van der Waals surface area contributed by atoms with Crippen LogP contribution in [0.1, 0.15) is 42.6 Å². The van der Waals surface area contributed by atoms with Crippen LogP contribution in [0.3, 0.4) is 0 Å². The number of fused-ring (bicyclic) bond motifs is 1. The van der Waals surface area contributed by atoms with Gasteiger partial charge in [-0.2, -0.15) is 0 Å². The number of aromatic nitrogens is 2. The van der Waals surface area contributed by atoms with Crippen molar-refractivity contribution in [3.8, 4) is 5.75 Å². The molecule has 1 aliphatic carbocycles. The van der Waals surface area contributed by atoms with Crippen molar-refractivity contribution in [2.75, 3.05) is 19.6 Å². The lowest BCUT2D eigenvalue weighted by molar-refractivity contribution is -0.142. The third kappa shape index (κ3) is 7.28. The zero-order valence-electron chi connectivity index (χ0n) is 24.0. The van der Waals surface area contributed by atoms with Crippen molar-refractivity contribution in [2.24, 2.45) is 11.8 Å². The molecule has 230 valence electrons. The van der Waals surface area contributed by atoms with E-state index in [1.54, 1.807) is 12.1 Å². The maximum atomic E-state index is 13.2. The van der Waals surface area contributed by atoms with Crippen molar-refractivity contribution >= 4 is 40.6 Å². The van der Waals surface area contributed by atoms with Gasteiger partial charge in [-0.3, -0.25) is 24.2 Å². The summed E-state index contributed by atoms with van der Waals surface area (Å²) in [6.07, 6.45) is 7.79. The minimum Gasteiger partial charge on any atom is -0.481 e. The lowest BCUT2D eigenvalue weighted by Gasteiger charge is -2.30.